The maximum absolute atomic E-state index is 13.4. The Kier molecular flexibility index (Phi) is 10.2. The maximum atomic E-state index is 13.4. The summed E-state index contributed by atoms with van der Waals surface area (Å²) in [5.74, 6) is 1.05. The van der Waals surface area contributed by atoms with Crippen LogP contribution in [0.3, 0.4) is 0 Å². The monoisotopic (exact) mass is 529 g/mol. The fourth-order valence-electron chi connectivity index (χ4n) is 3.30. The van der Waals surface area contributed by atoms with Crippen LogP contribution in [0.5, 0.6) is 5.88 Å². The van der Waals surface area contributed by atoms with E-state index in [1.165, 1.54) is 12.1 Å². The van der Waals surface area contributed by atoms with Crippen molar-refractivity contribution >= 4 is 29.9 Å². The molecule has 164 valence electrons. The van der Waals surface area contributed by atoms with Gasteiger partial charge in [-0.2, -0.15) is 0 Å². The van der Waals surface area contributed by atoms with Gasteiger partial charge in [0.2, 0.25) is 5.88 Å². The zero-order valence-corrected chi connectivity index (χ0v) is 19.6. The second kappa shape index (κ2) is 12.7. The van der Waals surface area contributed by atoms with Gasteiger partial charge in [0, 0.05) is 45.5 Å². The molecule has 2 N–H and O–H groups in total. The second-order valence-corrected chi connectivity index (χ2v) is 6.73. The Labute approximate surface area is 194 Å². The van der Waals surface area contributed by atoms with E-state index < -0.39 is 0 Å². The average molecular weight is 529 g/mol. The van der Waals surface area contributed by atoms with Crippen LogP contribution in [0.25, 0.3) is 0 Å². The van der Waals surface area contributed by atoms with Gasteiger partial charge in [-0.15, -0.1) is 24.0 Å². The predicted molar refractivity (Wildman–Crippen MR) is 126 cm³/mol. The van der Waals surface area contributed by atoms with E-state index in [0.717, 1.165) is 24.2 Å². The van der Waals surface area contributed by atoms with Gasteiger partial charge in [0.05, 0.1) is 26.4 Å². The lowest BCUT2D eigenvalue weighted by atomic mass is 10.0. The van der Waals surface area contributed by atoms with Crippen LogP contribution in [-0.2, 0) is 11.3 Å². The Bertz CT molecular complexity index is 800. The van der Waals surface area contributed by atoms with Crippen LogP contribution in [0.15, 0.2) is 47.6 Å². The van der Waals surface area contributed by atoms with E-state index in [4.69, 9.17) is 9.47 Å². The van der Waals surface area contributed by atoms with Crippen LogP contribution >= 0.6 is 24.0 Å². The Balaban J connectivity index is 0.00000320. The normalized spacial score (nSPS) is 15.8. The standard InChI is InChI=1S/C21H28FN5O2.HI/c1-23-21(25-14-16-7-8-24-20(13-16)28-2)26-15-19(27-9-11-29-12-10-27)17-3-5-18(22)6-4-17;/h3-8,13,19H,9-12,14-15H2,1-2H3,(H2,23,25,26);1H. The van der Waals surface area contributed by atoms with Crippen molar-refractivity contribution in [3.05, 3.63) is 59.5 Å². The molecule has 1 aromatic heterocycles. The maximum Gasteiger partial charge on any atom is 0.213 e. The summed E-state index contributed by atoms with van der Waals surface area (Å²) in [7, 11) is 3.34. The van der Waals surface area contributed by atoms with Crippen molar-refractivity contribution in [2.45, 2.75) is 12.6 Å². The summed E-state index contributed by atoms with van der Waals surface area (Å²) in [6.45, 7) is 4.32. The third-order valence-electron chi connectivity index (χ3n) is 4.90. The zero-order chi connectivity index (χ0) is 20.5. The third-order valence-corrected chi connectivity index (χ3v) is 4.90. The lowest BCUT2D eigenvalue weighted by Gasteiger charge is -2.35. The SMILES string of the molecule is CN=C(NCc1ccnc(OC)c1)NCC(c1ccc(F)cc1)N1CCOCC1.I. The molecule has 7 nitrogen and oxygen atoms in total. The summed E-state index contributed by atoms with van der Waals surface area (Å²) in [5.41, 5.74) is 2.11. The molecule has 1 unspecified atom stereocenters. The molecular formula is C21H29FIN5O2. The van der Waals surface area contributed by atoms with Crippen LogP contribution in [0.4, 0.5) is 4.39 Å². The van der Waals surface area contributed by atoms with Gasteiger partial charge in [0.1, 0.15) is 5.82 Å². The van der Waals surface area contributed by atoms with Gasteiger partial charge in [-0.25, -0.2) is 9.37 Å². The number of ether oxygens (including phenoxy) is 2. The van der Waals surface area contributed by atoms with Gasteiger partial charge in [0.25, 0.3) is 0 Å². The Morgan fingerprint density at radius 3 is 2.63 bits per heavy atom. The van der Waals surface area contributed by atoms with E-state index in [0.29, 0.717) is 38.1 Å². The van der Waals surface area contributed by atoms with Crippen LogP contribution in [0, 0.1) is 5.82 Å². The van der Waals surface area contributed by atoms with E-state index in [-0.39, 0.29) is 35.8 Å². The second-order valence-electron chi connectivity index (χ2n) is 6.73. The van der Waals surface area contributed by atoms with Crippen LogP contribution in [0.1, 0.15) is 17.2 Å². The molecule has 0 radical (unpaired) electrons. The van der Waals surface area contributed by atoms with Crippen molar-refractivity contribution in [3.63, 3.8) is 0 Å². The van der Waals surface area contributed by atoms with Crippen molar-refractivity contribution in [2.24, 2.45) is 4.99 Å². The number of hydrogen-bond acceptors (Lipinski definition) is 5. The Morgan fingerprint density at radius 2 is 1.97 bits per heavy atom. The average Bonchev–Trinajstić information content (AvgIpc) is 2.78. The molecule has 1 aliphatic heterocycles. The van der Waals surface area contributed by atoms with Crippen LogP contribution < -0.4 is 15.4 Å². The fraction of sp³-hybridized carbons (Fsp3) is 0.429. The van der Waals surface area contributed by atoms with E-state index in [9.17, 15) is 4.39 Å². The number of rotatable bonds is 7. The van der Waals surface area contributed by atoms with Gasteiger partial charge < -0.3 is 20.1 Å². The molecule has 3 rings (SSSR count). The molecular weight excluding hydrogens is 500 g/mol. The summed E-state index contributed by atoms with van der Waals surface area (Å²) in [6, 6.07) is 10.6. The number of aromatic nitrogens is 1. The van der Waals surface area contributed by atoms with Crippen molar-refractivity contribution < 1.29 is 13.9 Å². The largest absolute Gasteiger partial charge is 0.481 e. The summed E-state index contributed by atoms with van der Waals surface area (Å²) < 4.78 is 24.0. The van der Waals surface area contributed by atoms with Crippen LogP contribution in [0.2, 0.25) is 0 Å². The Hall–Kier alpha value is -1.98. The molecule has 2 heterocycles. The first-order valence-electron chi connectivity index (χ1n) is 9.70. The molecule has 30 heavy (non-hydrogen) atoms. The summed E-state index contributed by atoms with van der Waals surface area (Å²) in [4.78, 5) is 10.8. The first-order valence-corrected chi connectivity index (χ1v) is 9.70. The number of benzene rings is 1. The number of nitrogens with one attached hydrogen (secondary N) is 2. The number of halogens is 2. The molecule has 2 aromatic rings. The minimum absolute atomic E-state index is 0. The first kappa shape index (κ1) is 24.3. The molecule has 0 spiro atoms. The Morgan fingerprint density at radius 1 is 1.23 bits per heavy atom. The predicted octanol–water partition coefficient (Wildman–Crippen LogP) is 2.59. The number of methoxy groups -OCH3 is 1. The van der Waals surface area contributed by atoms with E-state index in [2.05, 4.69) is 25.5 Å². The van der Waals surface area contributed by atoms with Gasteiger partial charge in [-0.1, -0.05) is 12.1 Å². The molecule has 1 atom stereocenters. The van der Waals surface area contributed by atoms with Crippen molar-refractivity contribution in [3.8, 4) is 5.88 Å². The van der Waals surface area contributed by atoms with Crippen molar-refractivity contribution in [2.75, 3.05) is 47.0 Å². The number of aliphatic imine (C=N–C) groups is 1. The van der Waals surface area contributed by atoms with Gasteiger partial charge >= 0.3 is 0 Å². The number of morpholine rings is 1. The highest BCUT2D eigenvalue weighted by Gasteiger charge is 2.23. The summed E-state index contributed by atoms with van der Waals surface area (Å²) >= 11 is 0. The molecule has 9 heteroatoms. The highest BCUT2D eigenvalue weighted by Crippen LogP contribution is 2.21. The number of pyridine rings is 1. The number of guanidine groups is 1. The molecule has 1 aliphatic rings. The molecule has 0 amide bonds. The third kappa shape index (κ3) is 7.06. The summed E-state index contributed by atoms with van der Waals surface area (Å²) in [5, 5.41) is 6.70. The molecule has 0 saturated carbocycles. The lowest BCUT2D eigenvalue weighted by Crippen LogP contribution is -2.46. The lowest BCUT2D eigenvalue weighted by molar-refractivity contribution is 0.0170. The van der Waals surface area contributed by atoms with Crippen molar-refractivity contribution in [1.29, 1.82) is 0 Å². The topological polar surface area (TPSA) is 71.0 Å². The minimum atomic E-state index is -0.229. The molecule has 0 bridgehead atoms. The minimum Gasteiger partial charge on any atom is -0.481 e. The summed E-state index contributed by atoms with van der Waals surface area (Å²) in [6.07, 6.45) is 1.72. The molecule has 0 aliphatic carbocycles. The smallest absolute Gasteiger partial charge is 0.213 e. The highest BCUT2D eigenvalue weighted by atomic mass is 127. The van der Waals surface area contributed by atoms with E-state index >= 15 is 0 Å². The van der Waals surface area contributed by atoms with E-state index in [1.807, 2.05) is 24.3 Å². The van der Waals surface area contributed by atoms with Gasteiger partial charge in [-0.05, 0) is 29.3 Å². The number of nitrogens with zero attached hydrogens (tertiary/aromatic N) is 3. The van der Waals surface area contributed by atoms with Gasteiger partial charge in [-0.3, -0.25) is 9.89 Å². The zero-order valence-electron chi connectivity index (χ0n) is 17.3. The van der Waals surface area contributed by atoms with Crippen LogP contribution in [-0.4, -0.2) is 62.8 Å². The first-order chi connectivity index (χ1) is 14.2. The van der Waals surface area contributed by atoms with Gasteiger partial charge in [0.15, 0.2) is 5.96 Å². The molecule has 1 saturated heterocycles. The van der Waals surface area contributed by atoms with Crippen molar-refractivity contribution in [1.82, 2.24) is 20.5 Å². The fourth-order valence-corrected chi connectivity index (χ4v) is 3.30. The van der Waals surface area contributed by atoms with E-state index in [1.54, 1.807) is 20.4 Å². The molecule has 1 aromatic carbocycles. The molecule has 1 fully saturated rings. The highest BCUT2D eigenvalue weighted by molar-refractivity contribution is 14.0. The quantitative estimate of drug-likeness (QED) is 0.327. The number of hydrogen-bond donors (Lipinski definition) is 2.